The van der Waals surface area contributed by atoms with Gasteiger partial charge < -0.3 is 20.6 Å². The highest BCUT2D eigenvalue weighted by Gasteiger charge is 2.21. The van der Waals surface area contributed by atoms with E-state index in [2.05, 4.69) is 20.9 Å². The standard InChI is InChI=1S/C12H20N6O3/c1-17(10-2-4-13-5-3-10)12(21)14-6-9-7-18(16-15-9)8-11(19)20/h7,10,13H,2-6,8H2,1H3,(H,14,21)(H,19,20). The third-order valence-corrected chi connectivity index (χ3v) is 3.48. The van der Waals surface area contributed by atoms with E-state index in [1.165, 1.54) is 10.9 Å². The minimum atomic E-state index is -0.985. The molecule has 0 bridgehead atoms. The molecule has 0 spiro atoms. The van der Waals surface area contributed by atoms with E-state index >= 15 is 0 Å². The lowest BCUT2D eigenvalue weighted by molar-refractivity contribution is -0.137. The van der Waals surface area contributed by atoms with Gasteiger partial charge in [0.1, 0.15) is 12.2 Å². The molecule has 0 unspecified atom stereocenters. The Balaban J connectivity index is 1.80. The number of urea groups is 1. The molecular weight excluding hydrogens is 276 g/mol. The van der Waals surface area contributed by atoms with Crippen LogP contribution in [-0.4, -0.2) is 63.2 Å². The number of carboxylic acid groups (broad SMARTS) is 1. The minimum absolute atomic E-state index is 0.158. The van der Waals surface area contributed by atoms with Crippen LogP contribution in [-0.2, 0) is 17.9 Å². The minimum Gasteiger partial charge on any atom is -0.480 e. The van der Waals surface area contributed by atoms with E-state index in [4.69, 9.17) is 5.11 Å². The van der Waals surface area contributed by atoms with Crippen molar-refractivity contribution in [3.05, 3.63) is 11.9 Å². The van der Waals surface area contributed by atoms with Crippen molar-refractivity contribution in [1.29, 1.82) is 0 Å². The number of nitrogens with one attached hydrogen (secondary N) is 2. The van der Waals surface area contributed by atoms with Gasteiger partial charge in [-0.2, -0.15) is 0 Å². The van der Waals surface area contributed by atoms with E-state index in [9.17, 15) is 9.59 Å². The maximum atomic E-state index is 12.0. The van der Waals surface area contributed by atoms with Crippen molar-refractivity contribution in [3.63, 3.8) is 0 Å². The number of hydrogen-bond donors (Lipinski definition) is 3. The molecule has 21 heavy (non-hydrogen) atoms. The van der Waals surface area contributed by atoms with Gasteiger partial charge in [-0.05, 0) is 25.9 Å². The number of carbonyl (C=O) groups is 2. The number of rotatable bonds is 5. The van der Waals surface area contributed by atoms with Gasteiger partial charge in [0, 0.05) is 13.1 Å². The third kappa shape index (κ3) is 4.42. The summed E-state index contributed by atoms with van der Waals surface area (Å²) in [5, 5.41) is 22.2. The van der Waals surface area contributed by atoms with Crippen LogP contribution in [0, 0.1) is 0 Å². The summed E-state index contributed by atoms with van der Waals surface area (Å²) in [5.74, 6) is -0.985. The topological polar surface area (TPSA) is 112 Å². The number of nitrogens with zero attached hydrogens (tertiary/aromatic N) is 4. The van der Waals surface area contributed by atoms with Gasteiger partial charge >= 0.3 is 12.0 Å². The number of amides is 2. The molecule has 0 aromatic carbocycles. The van der Waals surface area contributed by atoms with Crippen molar-refractivity contribution >= 4 is 12.0 Å². The molecule has 0 saturated carbocycles. The first kappa shape index (κ1) is 15.2. The molecule has 1 saturated heterocycles. The van der Waals surface area contributed by atoms with Crippen LogP contribution in [0.3, 0.4) is 0 Å². The van der Waals surface area contributed by atoms with Gasteiger partial charge in [-0.1, -0.05) is 5.21 Å². The summed E-state index contributed by atoms with van der Waals surface area (Å²) in [4.78, 5) is 24.3. The summed E-state index contributed by atoms with van der Waals surface area (Å²) >= 11 is 0. The van der Waals surface area contributed by atoms with Crippen LogP contribution < -0.4 is 10.6 Å². The number of carbonyl (C=O) groups excluding carboxylic acids is 1. The average molecular weight is 296 g/mol. The van der Waals surface area contributed by atoms with Gasteiger partial charge in [-0.15, -0.1) is 5.10 Å². The lowest BCUT2D eigenvalue weighted by Crippen LogP contribution is -2.47. The number of aromatic nitrogens is 3. The van der Waals surface area contributed by atoms with Gasteiger partial charge in [0.25, 0.3) is 0 Å². The molecule has 0 radical (unpaired) electrons. The smallest absolute Gasteiger partial charge is 0.325 e. The highest BCUT2D eigenvalue weighted by molar-refractivity contribution is 5.74. The molecule has 9 heteroatoms. The first-order valence-electron chi connectivity index (χ1n) is 6.88. The highest BCUT2D eigenvalue weighted by Crippen LogP contribution is 2.09. The number of hydrogen-bond acceptors (Lipinski definition) is 5. The zero-order chi connectivity index (χ0) is 15.2. The number of aliphatic carboxylic acids is 1. The zero-order valence-corrected chi connectivity index (χ0v) is 11.9. The summed E-state index contributed by atoms with van der Waals surface area (Å²) in [6.07, 6.45) is 3.40. The second kappa shape index (κ2) is 7.02. The Hall–Kier alpha value is -2.16. The predicted molar refractivity (Wildman–Crippen MR) is 73.5 cm³/mol. The Bertz CT molecular complexity index is 497. The molecule has 2 rings (SSSR count). The second-order valence-corrected chi connectivity index (χ2v) is 5.05. The monoisotopic (exact) mass is 296 g/mol. The quantitative estimate of drug-likeness (QED) is 0.659. The molecule has 3 N–H and O–H groups in total. The van der Waals surface area contributed by atoms with Gasteiger partial charge in [0.2, 0.25) is 0 Å². The summed E-state index contributed by atoms with van der Waals surface area (Å²) < 4.78 is 1.22. The molecule has 1 aromatic rings. The van der Waals surface area contributed by atoms with Gasteiger partial charge in [0.05, 0.1) is 12.7 Å². The van der Waals surface area contributed by atoms with Gasteiger partial charge in [-0.25, -0.2) is 9.48 Å². The third-order valence-electron chi connectivity index (χ3n) is 3.48. The van der Waals surface area contributed by atoms with Crippen LogP contribution >= 0.6 is 0 Å². The molecular formula is C12H20N6O3. The van der Waals surface area contributed by atoms with Crippen LogP contribution in [0.5, 0.6) is 0 Å². The van der Waals surface area contributed by atoms with Crippen LogP contribution in [0.25, 0.3) is 0 Å². The number of piperidine rings is 1. The molecule has 9 nitrogen and oxygen atoms in total. The lowest BCUT2D eigenvalue weighted by Gasteiger charge is -2.31. The fraction of sp³-hybridized carbons (Fsp3) is 0.667. The van der Waals surface area contributed by atoms with Crippen LogP contribution in [0.4, 0.5) is 4.79 Å². The van der Waals surface area contributed by atoms with E-state index in [0.29, 0.717) is 5.69 Å². The van der Waals surface area contributed by atoms with Crippen molar-refractivity contribution in [1.82, 2.24) is 30.5 Å². The van der Waals surface area contributed by atoms with Crippen LogP contribution in [0.2, 0.25) is 0 Å². The maximum absolute atomic E-state index is 12.0. The fourth-order valence-corrected chi connectivity index (χ4v) is 2.29. The predicted octanol–water partition coefficient (Wildman–Crippen LogP) is -0.744. The van der Waals surface area contributed by atoms with Gasteiger partial charge in [-0.3, -0.25) is 4.79 Å². The summed E-state index contributed by atoms with van der Waals surface area (Å²) in [7, 11) is 1.78. The molecule has 0 atom stereocenters. The second-order valence-electron chi connectivity index (χ2n) is 5.05. The summed E-state index contributed by atoms with van der Waals surface area (Å²) in [6.45, 7) is 1.83. The average Bonchev–Trinajstić information content (AvgIpc) is 2.91. The number of carboxylic acids is 1. The maximum Gasteiger partial charge on any atom is 0.325 e. The van der Waals surface area contributed by atoms with E-state index < -0.39 is 5.97 Å². The molecule has 1 aliphatic rings. The highest BCUT2D eigenvalue weighted by atomic mass is 16.4. The molecule has 116 valence electrons. The van der Waals surface area contributed by atoms with Crippen molar-refractivity contribution in [3.8, 4) is 0 Å². The normalized spacial score (nSPS) is 15.7. The summed E-state index contributed by atoms with van der Waals surface area (Å²) in [6, 6.07) is 0.0867. The molecule has 2 amide bonds. The Morgan fingerprint density at radius 2 is 2.24 bits per heavy atom. The van der Waals surface area contributed by atoms with Gasteiger partial charge in [0.15, 0.2) is 0 Å². The summed E-state index contributed by atoms with van der Waals surface area (Å²) in [5.41, 5.74) is 0.531. The molecule has 1 fully saturated rings. The van der Waals surface area contributed by atoms with Crippen LogP contribution in [0.1, 0.15) is 18.5 Å². The molecule has 1 aliphatic heterocycles. The first-order valence-corrected chi connectivity index (χ1v) is 6.88. The molecule has 1 aromatic heterocycles. The fourth-order valence-electron chi connectivity index (χ4n) is 2.29. The van der Waals surface area contributed by atoms with Crippen molar-refractivity contribution in [2.75, 3.05) is 20.1 Å². The van der Waals surface area contributed by atoms with Crippen LogP contribution in [0.15, 0.2) is 6.20 Å². The Morgan fingerprint density at radius 1 is 1.52 bits per heavy atom. The van der Waals surface area contributed by atoms with E-state index in [1.807, 2.05) is 0 Å². The SMILES string of the molecule is CN(C(=O)NCc1cn(CC(=O)O)nn1)C1CCNCC1. The lowest BCUT2D eigenvalue weighted by atomic mass is 10.1. The molecule has 2 heterocycles. The molecule has 0 aliphatic carbocycles. The van der Waals surface area contributed by atoms with E-state index in [1.54, 1.807) is 11.9 Å². The van der Waals surface area contributed by atoms with Crippen molar-refractivity contribution in [2.45, 2.75) is 32.0 Å². The van der Waals surface area contributed by atoms with Crippen molar-refractivity contribution in [2.24, 2.45) is 0 Å². The first-order chi connectivity index (χ1) is 10.1. The zero-order valence-electron chi connectivity index (χ0n) is 11.9. The van der Waals surface area contributed by atoms with Crippen molar-refractivity contribution < 1.29 is 14.7 Å². The van der Waals surface area contributed by atoms with E-state index in [0.717, 1.165) is 25.9 Å². The Kier molecular flexibility index (Phi) is 5.09. The van der Waals surface area contributed by atoms with E-state index in [-0.39, 0.29) is 25.2 Å². The Labute approximate surface area is 122 Å². The largest absolute Gasteiger partial charge is 0.480 e. The Morgan fingerprint density at radius 3 is 2.90 bits per heavy atom.